The highest BCUT2D eigenvalue weighted by atomic mass is 79.9. The van der Waals surface area contributed by atoms with Gasteiger partial charge in [-0.05, 0) is 48.8 Å². The molecule has 0 saturated heterocycles. The van der Waals surface area contributed by atoms with Crippen LogP contribution in [0.5, 0.6) is 0 Å². The van der Waals surface area contributed by atoms with Gasteiger partial charge in [0, 0.05) is 24.9 Å². The molecule has 0 atom stereocenters. The van der Waals surface area contributed by atoms with Gasteiger partial charge in [0.1, 0.15) is 5.76 Å². The van der Waals surface area contributed by atoms with E-state index in [1.807, 2.05) is 20.8 Å². The monoisotopic (exact) mass is 462 g/mol. The van der Waals surface area contributed by atoms with Crippen molar-refractivity contribution in [3.05, 3.63) is 51.9 Å². The summed E-state index contributed by atoms with van der Waals surface area (Å²) >= 11 is 3.48. The van der Waals surface area contributed by atoms with Crippen LogP contribution in [0.15, 0.2) is 33.5 Å². The molecule has 29 heavy (non-hydrogen) atoms. The Labute approximate surface area is 176 Å². The number of nitrogens with one attached hydrogen (secondary N) is 2. The van der Waals surface area contributed by atoms with E-state index in [1.54, 1.807) is 34.0 Å². The first-order valence-corrected chi connectivity index (χ1v) is 10.1. The number of nitrogens with zero attached hydrogens (tertiary/aromatic N) is 4. The highest BCUT2D eigenvalue weighted by molar-refractivity contribution is 9.10. The van der Waals surface area contributed by atoms with Crippen LogP contribution >= 0.6 is 15.9 Å². The molecule has 10 heteroatoms. The van der Waals surface area contributed by atoms with Crippen molar-refractivity contribution >= 4 is 33.4 Å². The van der Waals surface area contributed by atoms with Crippen LogP contribution in [0.2, 0.25) is 0 Å². The minimum absolute atomic E-state index is 0.167. The van der Waals surface area contributed by atoms with Gasteiger partial charge in [0.05, 0.1) is 35.2 Å². The Morgan fingerprint density at radius 1 is 1.28 bits per heavy atom. The Kier molecular flexibility index (Phi) is 6.53. The van der Waals surface area contributed by atoms with Gasteiger partial charge in [-0.15, -0.1) is 0 Å². The average Bonchev–Trinajstić information content (AvgIpc) is 3.42. The van der Waals surface area contributed by atoms with Gasteiger partial charge in [-0.3, -0.25) is 19.0 Å². The Hall–Kier alpha value is -2.88. The Balaban J connectivity index is 1.64. The molecule has 0 fully saturated rings. The molecule has 0 aliphatic carbocycles. The summed E-state index contributed by atoms with van der Waals surface area (Å²) in [6.45, 7) is 7.00. The fourth-order valence-corrected chi connectivity index (χ4v) is 3.10. The number of carbonyl (C=O) groups is 2. The summed E-state index contributed by atoms with van der Waals surface area (Å²) in [4.78, 5) is 25.0. The molecule has 0 unspecified atom stereocenters. The minimum atomic E-state index is -0.383. The van der Waals surface area contributed by atoms with Crippen molar-refractivity contribution in [2.45, 2.75) is 46.8 Å². The van der Waals surface area contributed by atoms with Crippen molar-refractivity contribution < 1.29 is 14.0 Å². The van der Waals surface area contributed by atoms with Gasteiger partial charge in [0.15, 0.2) is 5.69 Å². The van der Waals surface area contributed by atoms with Crippen LogP contribution in [-0.2, 0) is 24.4 Å². The number of hydrogen-bond donors (Lipinski definition) is 2. The third-order valence-corrected chi connectivity index (χ3v) is 5.57. The van der Waals surface area contributed by atoms with E-state index in [-0.39, 0.29) is 30.5 Å². The number of aryl methyl sites for hydroxylation is 3. The molecule has 9 nitrogen and oxygen atoms in total. The molecule has 3 aromatic rings. The first-order valence-electron chi connectivity index (χ1n) is 9.26. The molecule has 3 heterocycles. The molecule has 3 rings (SSSR count). The Bertz CT molecular complexity index is 1010. The summed E-state index contributed by atoms with van der Waals surface area (Å²) in [5, 5.41) is 14.2. The van der Waals surface area contributed by atoms with E-state index >= 15 is 0 Å². The lowest BCUT2D eigenvalue weighted by molar-refractivity contribution is -0.116. The largest absolute Gasteiger partial charge is 0.467 e. The SMILES string of the molecule is CCn1cc(NC(=O)CCn2nc(C)c(Br)c2C)c(C(=O)NCc2ccco2)n1. The van der Waals surface area contributed by atoms with Crippen LogP contribution in [0.3, 0.4) is 0 Å². The lowest BCUT2D eigenvalue weighted by atomic mass is 10.3. The third-order valence-electron chi connectivity index (χ3n) is 4.42. The Morgan fingerprint density at radius 3 is 2.69 bits per heavy atom. The van der Waals surface area contributed by atoms with Crippen LogP contribution in [0.4, 0.5) is 5.69 Å². The molecule has 2 amide bonds. The van der Waals surface area contributed by atoms with E-state index in [2.05, 4.69) is 36.8 Å². The summed E-state index contributed by atoms with van der Waals surface area (Å²) in [7, 11) is 0. The summed E-state index contributed by atoms with van der Waals surface area (Å²) < 4.78 is 9.55. The molecule has 0 aromatic carbocycles. The van der Waals surface area contributed by atoms with Gasteiger partial charge in [-0.2, -0.15) is 10.2 Å². The van der Waals surface area contributed by atoms with Crippen molar-refractivity contribution in [2.75, 3.05) is 5.32 Å². The van der Waals surface area contributed by atoms with Crippen LogP contribution in [0.25, 0.3) is 0 Å². The Morgan fingerprint density at radius 2 is 2.07 bits per heavy atom. The standard InChI is InChI=1S/C19H23BrN6O3/c1-4-25-11-15(18(24-25)19(28)21-10-14-6-5-9-29-14)22-16(27)7-8-26-13(3)17(20)12(2)23-26/h5-6,9,11H,4,7-8,10H2,1-3H3,(H,21,28)(H,22,27). The van der Waals surface area contributed by atoms with Crippen molar-refractivity contribution in [2.24, 2.45) is 0 Å². The highest BCUT2D eigenvalue weighted by Crippen LogP contribution is 2.20. The zero-order valence-electron chi connectivity index (χ0n) is 16.5. The molecular weight excluding hydrogens is 440 g/mol. The normalized spacial score (nSPS) is 10.9. The average molecular weight is 463 g/mol. The molecule has 3 aromatic heterocycles. The van der Waals surface area contributed by atoms with Crippen molar-refractivity contribution in [1.82, 2.24) is 24.9 Å². The quantitative estimate of drug-likeness (QED) is 0.534. The minimum Gasteiger partial charge on any atom is -0.467 e. The fraction of sp³-hybridized carbons (Fsp3) is 0.368. The number of aromatic nitrogens is 4. The van der Waals surface area contributed by atoms with Gasteiger partial charge < -0.3 is 15.1 Å². The third kappa shape index (κ3) is 4.94. The van der Waals surface area contributed by atoms with Crippen molar-refractivity contribution in [1.29, 1.82) is 0 Å². The second-order valence-corrected chi connectivity index (χ2v) is 7.31. The van der Waals surface area contributed by atoms with Crippen molar-refractivity contribution in [3.63, 3.8) is 0 Å². The van der Waals surface area contributed by atoms with Gasteiger partial charge in [0.2, 0.25) is 5.91 Å². The number of rotatable bonds is 8. The predicted molar refractivity (Wildman–Crippen MR) is 110 cm³/mol. The lowest BCUT2D eigenvalue weighted by Gasteiger charge is -2.07. The summed E-state index contributed by atoms with van der Waals surface area (Å²) in [6, 6.07) is 3.52. The number of anilines is 1. The molecule has 2 N–H and O–H groups in total. The number of furan rings is 1. The van der Waals surface area contributed by atoms with Gasteiger partial charge in [-0.1, -0.05) is 0 Å². The first kappa shape index (κ1) is 20.8. The van der Waals surface area contributed by atoms with Crippen LogP contribution in [0.1, 0.15) is 41.0 Å². The van der Waals surface area contributed by atoms with E-state index in [9.17, 15) is 9.59 Å². The van der Waals surface area contributed by atoms with Crippen molar-refractivity contribution in [3.8, 4) is 0 Å². The molecule has 154 valence electrons. The van der Waals surface area contributed by atoms with Gasteiger partial charge in [0.25, 0.3) is 5.91 Å². The maximum absolute atomic E-state index is 12.5. The zero-order valence-corrected chi connectivity index (χ0v) is 18.1. The molecule has 0 spiro atoms. The first-order chi connectivity index (χ1) is 13.9. The van der Waals surface area contributed by atoms with E-state index in [1.165, 1.54) is 0 Å². The summed E-state index contributed by atoms with van der Waals surface area (Å²) in [5.74, 6) is 0.0331. The number of hydrogen-bond acceptors (Lipinski definition) is 5. The molecule has 0 radical (unpaired) electrons. The number of amides is 2. The zero-order chi connectivity index (χ0) is 21.0. The van der Waals surface area contributed by atoms with E-state index in [0.29, 0.717) is 24.5 Å². The lowest BCUT2D eigenvalue weighted by Crippen LogP contribution is -2.25. The van der Waals surface area contributed by atoms with E-state index in [4.69, 9.17) is 4.42 Å². The van der Waals surface area contributed by atoms with Crippen LogP contribution in [0, 0.1) is 13.8 Å². The molecule has 0 aliphatic heterocycles. The topological polar surface area (TPSA) is 107 Å². The maximum Gasteiger partial charge on any atom is 0.274 e. The summed E-state index contributed by atoms with van der Waals surface area (Å²) in [5.41, 5.74) is 2.39. The predicted octanol–water partition coefficient (Wildman–Crippen LogP) is 3.03. The van der Waals surface area contributed by atoms with E-state index < -0.39 is 0 Å². The smallest absolute Gasteiger partial charge is 0.274 e. The van der Waals surface area contributed by atoms with Crippen LogP contribution in [-0.4, -0.2) is 31.4 Å². The molecule has 0 aliphatic rings. The fourth-order valence-electron chi connectivity index (χ4n) is 2.82. The molecule has 0 saturated carbocycles. The number of halogens is 1. The summed E-state index contributed by atoms with van der Waals surface area (Å²) in [6.07, 6.45) is 3.42. The number of carbonyl (C=O) groups excluding carboxylic acids is 2. The van der Waals surface area contributed by atoms with Gasteiger partial charge >= 0.3 is 0 Å². The van der Waals surface area contributed by atoms with Gasteiger partial charge in [-0.25, -0.2) is 0 Å². The second kappa shape index (κ2) is 9.08. The van der Waals surface area contributed by atoms with E-state index in [0.717, 1.165) is 15.9 Å². The maximum atomic E-state index is 12.5. The second-order valence-electron chi connectivity index (χ2n) is 6.52. The van der Waals surface area contributed by atoms with Crippen LogP contribution < -0.4 is 10.6 Å². The molecule has 0 bridgehead atoms. The highest BCUT2D eigenvalue weighted by Gasteiger charge is 2.19. The molecular formula is C19H23BrN6O3.